The van der Waals surface area contributed by atoms with Gasteiger partial charge in [0.1, 0.15) is 11.5 Å². The summed E-state index contributed by atoms with van der Waals surface area (Å²) in [6, 6.07) is 5.98. The number of ketones is 1. The van der Waals surface area contributed by atoms with Crippen LogP contribution >= 0.6 is 0 Å². The van der Waals surface area contributed by atoms with Crippen LogP contribution in [0.15, 0.2) is 18.2 Å². The Kier molecular flexibility index (Phi) is 5.03. The van der Waals surface area contributed by atoms with Gasteiger partial charge in [-0.2, -0.15) is 0 Å². The van der Waals surface area contributed by atoms with Gasteiger partial charge in [-0.1, -0.05) is 39.8 Å². The molecule has 0 aromatic heterocycles. The van der Waals surface area contributed by atoms with Crippen molar-refractivity contribution in [3.63, 3.8) is 0 Å². The molecule has 29 heavy (non-hydrogen) atoms. The first-order chi connectivity index (χ1) is 13.7. The van der Waals surface area contributed by atoms with Crippen molar-refractivity contribution in [1.29, 1.82) is 0 Å². The average Bonchev–Trinajstić information content (AvgIpc) is 2.70. The number of fused-ring (bicyclic) bond motifs is 4. The SMILES string of the molecule is CCC(=O)C1CCC(C(=O)N2CC[C@@]3(C)c4cccc(O)c4C[C@@H]2C3(C)C)CC1. The Labute approximate surface area is 174 Å². The van der Waals surface area contributed by atoms with E-state index >= 15 is 0 Å². The van der Waals surface area contributed by atoms with Gasteiger partial charge in [0, 0.05) is 36.3 Å². The summed E-state index contributed by atoms with van der Waals surface area (Å²) in [4.78, 5) is 27.7. The predicted octanol–water partition coefficient (Wildman–Crippen LogP) is 4.62. The molecule has 1 aromatic carbocycles. The fraction of sp³-hybridized carbons (Fsp3) is 0.680. The first-order valence-electron chi connectivity index (χ1n) is 11.3. The summed E-state index contributed by atoms with van der Waals surface area (Å²) in [6.45, 7) is 9.61. The molecule has 1 heterocycles. The van der Waals surface area contributed by atoms with Crippen molar-refractivity contribution < 1.29 is 14.7 Å². The third-order valence-corrected chi connectivity index (χ3v) is 8.79. The molecule has 0 spiro atoms. The number of likely N-dealkylation sites (tertiary alicyclic amines) is 1. The van der Waals surface area contributed by atoms with Crippen LogP contribution < -0.4 is 0 Å². The third kappa shape index (κ3) is 3.02. The van der Waals surface area contributed by atoms with E-state index in [1.807, 2.05) is 13.0 Å². The lowest BCUT2D eigenvalue weighted by molar-refractivity contribution is -0.150. The van der Waals surface area contributed by atoms with E-state index in [1.165, 1.54) is 5.56 Å². The Bertz CT molecular complexity index is 821. The second-order valence-corrected chi connectivity index (χ2v) is 10.2. The molecule has 0 unspecified atom stereocenters. The summed E-state index contributed by atoms with van der Waals surface area (Å²) in [5.74, 6) is 1.18. The Hall–Kier alpha value is -1.84. The fourth-order valence-electron chi connectivity index (χ4n) is 6.38. The van der Waals surface area contributed by atoms with E-state index in [0.717, 1.165) is 50.6 Å². The molecule has 4 heteroatoms. The summed E-state index contributed by atoms with van der Waals surface area (Å²) in [7, 11) is 0. The van der Waals surface area contributed by atoms with Crippen LogP contribution in [0.3, 0.4) is 0 Å². The Morgan fingerprint density at radius 3 is 2.41 bits per heavy atom. The standard InChI is InChI=1S/C25H35NO3/c1-5-20(27)16-9-11-17(12-10-16)23(29)26-14-13-25(4)19-7-6-8-21(28)18(19)15-22(26)24(25,2)3/h6-8,16-17,22,28H,5,9-15H2,1-4H3/t16?,17?,22-,25+/m1/s1. The highest BCUT2D eigenvalue weighted by Gasteiger charge is 2.57. The van der Waals surface area contributed by atoms with Crippen molar-refractivity contribution in [2.45, 2.75) is 84.1 Å². The fourth-order valence-corrected chi connectivity index (χ4v) is 6.38. The lowest BCUT2D eigenvalue weighted by Gasteiger charge is -2.61. The maximum atomic E-state index is 13.6. The number of hydrogen-bond acceptors (Lipinski definition) is 3. The molecule has 2 atom stereocenters. The number of rotatable bonds is 3. The summed E-state index contributed by atoms with van der Waals surface area (Å²) < 4.78 is 0. The number of carbonyl (C=O) groups is 2. The number of nitrogens with zero attached hydrogens (tertiary/aromatic N) is 1. The summed E-state index contributed by atoms with van der Waals surface area (Å²) in [5, 5.41) is 10.5. The predicted molar refractivity (Wildman–Crippen MR) is 114 cm³/mol. The monoisotopic (exact) mass is 397 g/mol. The second-order valence-electron chi connectivity index (χ2n) is 10.2. The molecule has 2 fully saturated rings. The van der Waals surface area contributed by atoms with Gasteiger partial charge in [0.15, 0.2) is 0 Å². The molecular weight excluding hydrogens is 362 g/mol. The van der Waals surface area contributed by atoms with Crippen molar-refractivity contribution in [3.8, 4) is 5.75 Å². The number of benzene rings is 1. The van der Waals surface area contributed by atoms with Crippen molar-refractivity contribution in [2.75, 3.05) is 6.54 Å². The highest BCUT2D eigenvalue weighted by molar-refractivity contribution is 5.82. The molecule has 1 aromatic rings. The number of hydrogen-bond donors (Lipinski definition) is 1. The first kappa shape index (κ1) is 20.4. The van der Waals surface area contributed by atoms with E-state index in [1.54, 1.807) is 6.07 Å². The van der Waals surface area contributed by atoms with E-state index in [0.29, 0.717) is 18.0 Å². The normalized spacial score (nSPS) is 33.1. The van der Waals surface area contributed by atoms with Gasteiger partial charge in [0.2, 0.25) is 5.91 Å². The van der Waals surface area contributed by atoms with Crippen LogP contribution in [0.2, 0.25) is 0 Å². The molecule has 2 bridgehead atoms. The largest absolute Gasteiger partial charge is 0.508 e. The highest BCUT2D eigenvalue weighted by Crippen LogP contribution is 2.57. The number of aromatic hydroxyl groups is 1. The van der Waals surface area contributed by atoms with Crippen LogP contribution in [-0.4, -0.2) is 34.3 Å². The molecule has 1 amide bonds. The molecular formula is C25H35NO3. The quantitative estimate of drug-likeness (QED) is 0.810. The van der Waals surface area contributed by atoms with Crippen LogP contribution in [-0.2, 0) is 21.4 Å². The molecule has 158 valence electrons. The number of amides is 1. The summed E-state index contributed by atoms with van der Waals surface area (Å²) >= 11 is 0. The van der Waals surface area contributed by atoms with Crippen LogP contribution in [0, 0.1) is 17.3 Å². The van der Waals surface area contributed by atoms with Gasteiger partial charge in [-0.05, 0) is 61.1 Å². The van der Waals surface area contributed by atoms with Gasteiger partial charge in [0.25, 0.3) is 0 Å². The number of carbonyl (C=O) groups excluding carboxylic acids is 2. The van der Waals surface area contributed by atoms with Crippen LogP contribution in [0.4, 0.5) is 0 Å². The molecule has 4 rings (SSSR count). The smallest absolute Gasteiger partial charge is 0.225 e. The second kappa shape index (κ2) is 7.14. The van der Waals surface area contributed by atoms with Crippen molar-refractivity contribution in [3.05, 3.63) is 29.3 Å². The van der Waals surface area contributed by atoms with Gasteiger partial charge < -0.3 is 10.0 Å². The Balaban J connectivity index is 1.58. The number of piperidine rings is 1. The van der Waals surface area contributed by atoms with Gasteiger partial charge in [-0.15, -0.1) is 0 Å². The highest BCUT2D eigenvalue weighted by atomic mass is 16.3. The molecule has 2 aliphatic carbocycles. The van der Waals surface area contributed by atoms with Crippen LogP contribution in [0.5, 0.6) is 5.75 Å². The Morgan fingerprint density at radius 1 is 1.10 bits per heavy atom. The minimum Gasteiger partial charge on any atom is -0.508 e. The van der Waals surface area contributed by atoms with E-state index in [4.69, 9.17) is 0 Å². The van der Waals surface area contributed by atoms with Gasteiger partial charge in [-0.25, -0.2) is 0 Å². The topological polar surface area (TPSA) is 57.6 Å². The molecule has 1 saturated heterocycles. The molecule has 1 N–H and O–H groups in total. The lowest BCUT2D eigenvalue weighted by atomic mass is 9.51. The summed E-state index contributed by atoms with van der Waals surface area (Å²) in [6.07, 6.45) is 5.62. The number of phenols is 1. The molecule has 4 nitrogen and oxygen atoms in total. The van der Waals surface area contributed by atoms with E-state index in [2.05, 4.69) is 31.7 Å². The lowest BCUT2D eigenvalue weighted by Crippen LogP contribution is -2.65. The zero-order chi connectivity index (χ0) is 21.0. The van der Waals surface area contributed by atoms with Crippen LogP contribution in [0.1, 0.15) is 77.3 Å². The minimum absolute atomic E-state index is 0.0434. The third-order valence-electron chi connectivity index (χ3n) is 8.79. The van der Waals surface area contributed by atoms with E-state index in [-0.39, 0.29) is 34.6 Å². The molecule has 1 aliphatic heterocycles. The maximum absolute atomic E-state index is 13.6. The zero-order valence-corrected chi connectivity index (χ0v) is 18.3. The molecule has 1 saturated carbocycles. The van der Waals surface area contributed by atoms with Crippen molar-refractivity contribution in [2.24, 2.45) is 17.3 Å². The van der Waals surface area contributed by atoms with Crippen LogP contribution in [0.25, 0.3) is 0 Å². The molecule has 3 aliphatic rings. The van der Waals surface area contributed by atoms with E-state index in [9.17, 15) is 14.7 Å². The first-order valence-corrected chi connectivity index (χ1v) is 11.3. The summed E-state index contributed by atoms with van der Waals surface area (Å²) in [5.41, 5.74) is 2.17. The minimum atomic E-state index is -0.0585. The van der Waals surface area contributed by atoms with E-state index < -0.39 is 0 Å². The maximum Gasteiger partial charge on any atom is 0.225 e. The van der Waals surface area contributed by atoms with Crippen molar-refractivity contribution >= 4 is 11.7 Å². The molecule has 0 radical (unpaired) electrons. The number of phenolic OH excluding ortho intramolecular Hbond substituents is 1. The average molecular weight is 398 g/mol. The van der Waals surface area contributed by atoms with Gasteiger partial charge in [-0.3, -0.25) is 9.59 Å². The van der Waals surface area contributed by atoms with Crippen molar-refractivity contribution in [1.82, 2.24) is 4.90 Å². The van der Waals surface area contributed by atoms with Gasteiger partial charge in [0.05, 0.1) is 0 Å². The van der Waals surface area contributed by atoms with Gasteiger partial charge >= 0.3 is 0 Å². The number of Topliss-reactive ketones (excluding diaryl/α,β-unsaturated/α-hetero) is 1. The Morgan fingerprint density at radius 2 is 1.76 bits per heavy atom. The zero-order valence-electron chi connectivity index (χ0n) is 18.3.